The summed E-state index contributed by atoms with van der Waals surface area (Å²) in [5.41, 5.74) is 1.39. The van der Waals surface area contributed by atoms with Gasteiger partial charge in [0, 0.05) is 5.39 Å². The Bertz CT molecular complexity index is 508. The minimum absolute atomic E-state index is 0.487. The normalized spacial score (nSPS) is 10.9. The van der Waals surface area contributed by atoms with E-state index in [1.54, 1.807) is 13.0 Å². The maximum absolute atomic E-state index is 6.07. The van der Waals surface area contributed by atoms with Gasteiger partial charge in [-0.15, -0.1) is 0 Å². The average molecular weight is 247 g/mol. The van der Waals surface area contributed by atoms with Crippen molar-refractivity contribution in [3.8, 4) is 0 Å². The van der Waals surface area contributed by atoms with Gasteiger partial charge in [-0.2, -0.15) is 0 Å². The minimum Gasteiger partial charge on any atom is -0.250 e. The Labute approximate surface area is 96.6 Å². The molecular weight excluding hydrogens is 240 g/mol. The molecule has 0 N–H and O–H groups in total. The van der Waals surface area contributed by atoms with E-state index >= 15 is 0 Å². The largest absolute Gasteiger partial charge is 0.250 e. The number of nitrogens with zero attached hydrogens (tertiary/aromatic N) is 1. The average Bonchev–Trinajstić information content (AvgIpc) is 2.17. The molecule has 2 rings (SSSR count). The third-order valence-corrected chi connectivity index (χ3v) is 3.27. The topological polar surface area (TPSA) is 12.9 Å². The van der Waals surface area contributed by atoms with E-state index in [4.69, 9.17) is 34.8 Å². The van der Waals surface area contributed by atoms with Gasteiger partial charge >= 0.3 is 0 Å². The zero-order valence-corrected chi connectivity index (χ0v) is 9.58. The number of hydrogen-bond acceptors (Lipinski definition) is 1. The number of aryl methyl sites for hydroxylation is 1. The molecule has 0 fully saturated rings. The standard InChI is InChI=1S/C10H6Cl3N/c1-5-8(12)9(13)6-3-2-4-7(11)10(6)14-5/h2-4H,1H3. The summed E-state index contributed by atoms with van der Waals surface area (Å²) in [6.45, 7) is 1.80. The molecule has 0 aliphatic carbocycles. The second-order valence-electron chi connectivity index (χ2n) is 2.96. The lowest BCUT2D eigenvalue weighted by Gasteiger charge is -2.06. The van der Waals surface area contributed by atoms with Gasteiger partial charge in [-0.05, 0) is 13.0 Å². The van der Waals surface area contributed by atoms with Crippen LogP contribution < -0.4 is 0 Å². The molecule has 0 radical (unpaired) electrons. The highest BCUT2D eigenvalue weighted by Crippen LogP contribution is 2.34. The molecule has 0 spiro atoms. The second kappa shape index (κ2) is 3.58. The van der Waals surface area contributed by atoms with E-state index in [9.17, 15) is 0 Å². The molecule has 0 atom stereocenters. The summed E-state index contributed by atoms with van der Waals surface area (Å²) in [7, 11) is 0. The SMILES string of the molecule is Cc1nc2c(Cl)cccc2c(Cl)c1Cl. The monoisotopic (exact) mass is 245 g/mol. The zero-order valence-electron chi connectivity index (χ0n) is 7.31. The minimum atomic E-state index is 0.487. The number of hydrogen-bond donors (Lipinski definition) is 0. The first kappa shape index (κ1) is 10.0. The van der Waals surface area contributed by atoms with Crippen molar-refractivity contribution in [3.05, 3.63) is 39.0 Å². The molecule has 2 aromatic rings. The van der Waals surface area contributed by atoms with Crippen LogP contribution in [0.5, 0.6) is 0 Å². The molecule has 1 nitrogen and oxygen atoms in total. The van der Waals surface area contributed by atoms with Crippen LogP contribution in [0.25, 0.3) is 10.9 Å². The third-order valence-electron chi connectivity index (χ3n) is 2.01. The Balaban J connectivity index is 2.98. The number of halogens is 3. The number of rotatable bonds is 0. The van der Waals surface area contributed by atoms with Gasteiger partial charge in [0.1, 0.15) is 0 Å². The summed E-state index contributed by atoms with van der Waals surface area (Å²) < 4.78 is 0. The van der Waals surface area contributed by atoms with E-state index in [0.717, 1.165) is 5.39 Å². The Morgan fingerprint density at radius 2 is 1.79 bits per heavy atom. The van der Waals surface area contributed by atoms with Crippen LogP contribution >= 0.6 is 34.8 Å². The van der Waals surface area contributed by atoms with Crippen molar-refractivity contribution in [1.29, 1.82) is 0 Å². The summed E-state index contributed by atoms with van der Waals surface area (Å²) in [6.07, 6.45) is 0. The van der Waals surface area contributed by atoms with Gasteiger partial charge in [-0.25, -0.2) is 4.98 Å². The molecule has 72 valence electrons. The summed E-state index contributed by atoms with van der Waals surface area (Å²) in [6, 6.07) is 5.45. The van der Waals surface area contributed by atoms with Crippen molar-refractivity contribution in [2.45, 2.75) is 6.92 Å². The van der Waals surface area contributed by atoms with Gasteiger partial charge in [0.15, 0.2) is 0 Å². The Morgan fingerprint density at radius 1 is 1.07 bits per heavy atom. The Morgan fingerprint density at radius 3 is 2.50 bits per heavy atom. The number of pyridine rings is 1. The van der Waals surface area contributed by atoms with E-state index in [0.29, 0.717) is 26.3 Å². The molecule has 0 saturated carbocycles. The second-order valence-corrected chi connectivity index (χ2v) is 4.12. The van der Waals surface area contributed by atoms with Gasteiger partial charge in [0.2, 0.25) is 0 Å². The fourth-order valence-corrected chi connectivity index (χ4v) is 1.95. The first-order valence-electron chi connectivity index (χ1n) is 4.01. The van der Waals surface area contributed by atoms with Gasteiger partial charge in [-0.3, -0.25) is 0 Å². The molecule has 14 heavy (non-hydrogen) atoms. The molecule has 0 aliphatic heterocycles. The Hall–Kier alpha value is -0.500. The highest BCUT2D eigenvalue weighted by atomic mass is 35.5. The fourth-order valence-electron chi connectivity index (χ4n) is 1.30. The van der Waals surface area contributed by atoms with Crippen LogP contribution in [-0.2, 0) is 0 Å². The van der Waals surface area contributed by atoms with Crippen LogP contribution in [0.3, 0.4) is 0 Å². The van der Waals surface area contributed by atoms with Gasteiger partial charge in [0.25, 0.3) is 0 Å². The van der Waals surface area contributed by atoms with Crippen molar-refractivity contribution in [2.75, 3.05) is 0 Å². The highest BCUT2D eigenvalue weighted by Gasteiger charge is 2.10. The highest BCUT2D eigenvalue weighted by molar-refractivity contribution is 6.46. The number of aromatic nitrogens is 1. The van der Waals surface area contributed by atoms with E-state index in [-0.39, 0.29) is 0 Å². The number of fused-ring (bicyclic) bond motifs is 1. The summed E-state index contributed by atoms with van der Waals surface area (Å²) >= 11 is 18.0. The van der Waals surface area contributed by atoms with Crippen molar-refractivity contribution >= 4 is 45.7 Å². The van der Waals surface area contributed by atoms with Crippen LogP contribution in [0.2, 0.25) is 15.1 Å². The van der Waals surface area contributed by atoms with Crippen LogP contribution in [0.4, 0.5) is 0 Å². The predicted octanol–water partition coefficient (Wildman–Crippen LogP) is 4.50. The molecule has 0 amide bonds. The fraction of sp³-hybridized carbons (Fsp3) is 0.100. The van der Waals surface area contributed by atoms with E-state index < -0.39 is 0 Å². The van der Waals surface area contributed by atoms with Crippen LogP contribution in [0.15, 0.2) is 18.2 Å². The zero-order chi connectivity index (χ0) is 10.3. The van der Waals surface area contributed by atoms with Crippen LogP contribution in [0, 0.1) is 6.92 Å². The number of para-hydroxylation sites is 1. The van der Waals surface area contributed by atoms with Crippen LogP contribution in [-0.4, -0.2) is 4.98 Å². The predicted molar refractivity (Wildman–Crippen MR) is 61.5 cm³/mol. The molecule has 0 aliphatic rings. The molecule has 0 saturated heterocycles. The van der Waals surface area contributed by atoms with E-state index in [2.05, 4.69) is 4.98 Å². The molecule has 0 bridgehead atoms. The van der Waals surface area contributed by atoms with Crippen molar-refractivity contribution in [2.24, 2.45) is 0 Å². The van der Waals surface area contributed by atoms with Crippen LogP contribution in [0.1, 0.15) is 5.69 Å². The maximum Gasteiger partial charge on any atom is 0.0907 e. The first-order valence-corrected chi connectivity index (χ1v) is 5.14. The van der Waals surface area contributed by atoms with Gasteiger partial charge in [0.05, 0.1) is 26.3 Å². The van der Waals surface area contributed by atoms with E-state index in [1.807, 2.05) is 12.1 Å². The van der Waals surface area contributed by atoms with Crippen molar-refractivity contribution < 1.29 is 0 Å². The summed E-state index contributed by atoms with van der Waals surface area (Å²) in [4.78, 5) is 4.29. The molecule has 4 heteroatoms. The molecule has 1 aromatic carbocycles. The van der Waals surface area contributed by atoms with Gasteiger partial charge in [-0.1, -0.05) is 46.9 Å². The van der Waals surface area contributed by atoms with Crippen molar-refractivity contribution in [3.63, 3.8) is 0 Å². The summed E-state index contributed by atoms with van der Waals surface area (Å²) in [5, 5.41) is 2.37. The lowest BCUT2D eigenvalue weighted by atomic mass is 10.2. The molecule has 0 unspecified atom stereocenters. The first-order chi connectivity index (χ1) is 6.61. The lowest BCUT2D eigenvalue weighted by Crippen LogP contribution is -1.87. The summed E-state index contributed by atoms with van der Waals surface area (Å²) in [5.74, 6) is 0. The van der Waals surface area contributed by atoms with Gasteiger partial charge < -0.3 is 0 Å². The van der Waals surface area contributed by atoms with E-state index in [1.165, 1.54) is 0 Å². The smallest absolute Gasteiger partial charge is 0.0907 e. The third kappa shape index (κ3) is 1.46. The maximum atomic E-state index is 6.07. The molecule has 1 heterocycles. The lowest BCUT2D eigenvalue weighted by molar-refractivity contribution is 1.26. The molecule has 1 aromatic heterocycles. The molecular formula is C10H6Cl3N. The Kier molecular flexibility index (Phi) is 2.56. The number of benzene rings is 1. The quantitative estimate of drug-likeness (QED) is 0.667. The van der Waals surface area contributed by atoms with Crippen molar-refractivity contribution in [1.82, 2.24) is 4.98 Å².